The van der Waals surface area contributed by atoms with Crippen molar-refractivity contribution in [2.75, 3.05) is 27.2 Å². The molecule has 0 saturated carbocycles. The van der Waals surface area contributed by atoms with Crippen molar-refractivity contribution >= 4 is 5.91 Å². The van der Waals surface area contributed by atoms with Crippen LogP contribution in [0.3, 0.4) is 0 Å². The van der Waals surface area contributed by atoms with E-state index in [9.17, 15) is 4.79 Å². The van der Waals surface area contributed by atoms with Crippen LogP contribution in [0, 0.1) is 0 Å². The summed E-state index contributed by atoms with van der Waals surface area (Å²) in [5, 5.41) is 5.12. The fraction of sp³-hybridized carbons (Fsp3) is 0.346. The number of likely N-dealkylation sites (tertiary alicyclic amines) is 1. The van der Waals surface area contributed by atoms with E-state index in [0.717, 1.165) is 50.1 Å². The standard InChI is InChI=1S/C26H32N6O/c1-27-31(2)18-21-9-6-10-22(15-21)23-16-28-25(29-17-23)26(33)30-24-11-13-32(14-12-24)19-20-7-4-3-5-8-20/h3-10,15-17,24,27H,11-14,18-19H2,1-2H3,(H,30,33). The van der Waals surface area contributed by atoms with Crippen molar-refractivity contribution in [1.29, 1.82) is 0 Å². The first-order valence-corrected chi connectivity index (χ1v) is 11.5. The van der Waals surface area contributed by atoms with Crippen LogP contribution in [0.5, 0.6) is 0 Å². The lowest BCUT2D eigenvalue weighted by atomic mass is 10.0. The molecule has 0 aliphatic carbocycles. The Morgan fingerprint density at radius 2 is 1.70 bits per heavy atom. The quantitative estimate of drug-likeness (QED) is 0.520. The number of piperidine rings is 1. The molecule has 7 nitrogen and oxygen atoms in total. The first-order valence-electron chi connectivity index (χ1n) is 11.5. The molecule has 172 valence electrons. The van der Waals surface area contributed by atoms with Gasteiger partial charge in [0.05, 0.1) is 0 Å². The van der Waals surface area contributed by atoms with Crippen LogP contribution in [-0.4, -0.2) is 59.0 Å². The lowest BCUT2D eigenvalue weighted by Crippen LogP contribution is -2.44. The molecule has 1 saturated heterocycles. The zero-order valence-electron chi connectivity index (χ0n) is 19.4. The van der Waals surface area contributed by atoms with Gasteiger partial charge in [-0.2, -0.15) is 0 Å². The van der Waals surface area contributed by atoms with E-state index in [0.29, 0.717) is 0 Å². The lowest BCUT2D eigenvalue weighted by Gasteiger charge is -2.32. The number of aromatic nitrogens is 2. The number of nitrogens with zero attached hydrogens (tertiary/aromatic N) is 4. The third kappa shape index (κ3) is 6.44. The first kappa shape index (κ1) is 23.0. The Morgan fingerprint density at radius 1 is 1.00 bits per heavy atom. The number of hydrogen-bond donors (Lipinski definition) is 2. The zero-order valence-corrected chi connectivity index (χ0v) is 19.4. The molecule has 1 aliphatic heterocycles. The molecule has 0 unspecified atom stereocenters. The maximum absolute atomic E-state index is 12.7. The van der Waals surface area contributed by atoms with Crippen LogP contribution in [-0.2, 0) is 13.1 Å². The molecular weight excluding hydrogens is 412 g/mol. The maximum Gasteiger partial charge on any atom is 0.289 e. The van der Waals surface area contributed by atoms with Crippen LogP contribution in [0.4, 0.5) is 0 Å². The molecule has 2 aromatic carbocycles. The van der Waals surface area contributed by atoms with Crippen molar-refractivity contribution in [1.82, 2.24) is 30.6 Å². The van der Waals surface area contributed by atoms with Gasteiger partial charge in [-0.05, 0) is 42.6 Å². The Kier molecular flexibility index (Phi) is 7.78. The van der Waals surface area contributed by atoms with Gasteiger partial charge in [0.25, 0.3) is 5.91 Å². The van der Waals surface area contributed by atoms with Gasteiger partial charge in [0.2, 0.25) is 5.82 Å². The van der Waals surface area contributed by atoms with E-state index in [2.05, 4.69) is 62.0 Å². The Hall–Kier alpha value is -3.13. The van der Waals surface area contributed by atoms with E-state index in [1.54, 1.807) is 12.4 Å². The van der Waals surface area contributed by atoms with Gasteiger partial charge in [-0.15, -0.1) is 0 Å². The minimum Gasteiger partial charge on any atom is -0.346 e. The summed E-state index contributed by atoms with van der Waals surface area (Å²) in [4.78, 5) is 23.8. The summed E-state index contributed by atoms with van der Waals surface area (Å²) in [6.07, 6.45) is 5.32. The van der Waals surface area contributed by atoms with Crippen molar-refractivity contribution < 1.29 is 4.79 Å². The third-order valence-electron chi connectivity index (χ3n) is 6.09. The van der Waals surface area contributed by atoms with Crippen molar-refractivity contribution in [2.24, 2.45) is 0 Å². The van der Waals surface area contributed by atoms with Crippen LogP contribution in [0.25, 0.3) is 11.1 Å². The molecule has 0 spiro atoms. The van der Waals surface area contributed by atoms with Crippen LogP contribution in [0.1, 0.15) is 34.6 Å². The fourth-order valence-corrected chi connectivity index (χ4v) is 4.12. The molecule has 1 aromatic heterocycles. The number of carbonyl (C=O) groups is 1. The summed E-state index contributed by atoms with van der Waals surface area (Å²) in [6, 6.07) is 18.9. The van der Waals surface area contributed by atoms with Gasteiger partial charge in [0.15, 0.2) is 0 Å². The average Bonchev–Trinajstić information content (AvgIpc) is 2.86. The van der Waals surface area contributed by atoms with Gasteiger partial charge in [0, 0.05) is 57.2 Å². The summed E-state index contributed by atoms with van der Waals surface area (Å²) in [7, 11) is 3.89. The highest BCUT2D eigenvalue weighted by atomic mass is 16.2. The summed E-state index contributed by atoms with van der Waals surface area (Å²) < 4.78 is 0. The third-order valence-corrected chi connectivity index (χ3v) is 6.09. The highest BCUT2D eigenvalue weighted by molar-refractivity contribution is 5.90. The van der Waals surface area contributed by atoms with Gasteiger partial charge < -0.3 is 5.32 Å². The minimum absolute atomic E-state index is 0.161. The van der Waals surface area contributed by atoms with Crippen LogP contribution < -0.4 is 10.7 Å². The monoisotopic (exact) mass is 444 g/mol. The predicted molar refractivity (Wildman–Crippen MR) is 130 cm³/mol. The molecule has 3 aromatic rings. The summed E-state index contributed by atoms with van der Waals surface area (Å²) >= 11 is 0. The Morgan fingerprint density at radius 3 is 2.39 bits per heavy atom. The highest BCUT2D eigenvalue weighted by Crippen LogP contribution is 2.20. The summed E-state index contributed by atoms with van der Waals surface area (Å²) in [6.45, 7) is 3.69. The molecular formula is C26H32N6O. The van der Waals surface area contributed by atoms with Crippen molar-refractivity contribution in [2.45, 2.75) is 32.0 Å². The number of benzene rings is 2. The number of hydrogen-bond acceptors (Lipinski definition) is 6. The Balaban J connectivity index is 1.30. The smallest absolute Gasteiger partial charge is 0.289 e. The molecule has 33 heavy (non-hydrogen) atoms. The first-order chi connectivity index (χ1) is 16.1. The van der Waals surface area contributed by atoms with Gasteiger partial charge in [0.1, 0.15) is 0 Å². The largest absolute Gasteiger partial charge is 0.346 e. The molecule has 1 aliphatic rings. The molecule has 4 rings (SSSR count). The average molecular weight is 445 g/mol. The minimum atomic E-state index is -0.201. The fourth-order valence-electron chi connectivity index (χ4n) is 4.12. The van der Waals surface area contributed by atoms with Crippen LogP contribution in [0.2, 0.25) is 0 Å². The van der Waals surface area contributed by atoms with E-state index in [1.807, 2.05) is 37.3 Å². The highest BCUT2D eigenvalue weighted by Gasteiger charge is 2.22. The van der Waals surface area contributed by atoms with E-state index in [-0.39, 0.29) is 17.8 Å². The normalized spacial score (nSPS) is 15.0. The second kappa shape index (κ2) is 11.1. The van der Waals surface area contributed by atoms with Gasteiger partial charge in [-0.1, -0.05) is 48.5 Å². The Labute approximate surface area is 195 Å². The topological polar surface area (TPSA) is 73.4 Å². The van der Waals surface area contributed by atoms with E-state index >= 15 is 0 Å². The van der Waals surface area contributed by atoms with Crippen LogP contribution in [0.15, 0.2) is 67.0 Å². The summed E-state index contributed by atoms with van der Waals surface area (Å²) in [5.41, 5.74) is 7.55. The van der Waals surface area contributed by atoms with Gasteiger partial charge in [-0.25, -0.2) is 15.0 Å². The summed E-state index contributed by atoms with van der Waals surface area (Å²) in [5.74, 6) is 0.0176. The van der Waals surface area contributed by atoms with Crippen molar-refractivity contribution in [3.05, 3.63) is 83.9 Å². The molecule has 0 radical (unpaired) electrons. The SMILES string of the molecule is CNN(C)Cc1cccc(-c2cnc(C(=O)NC3CCN(Cc4ccccc4)CC3)nc2)c1. The van der Waals surface area contributed by atoms with Crippen molar-refractivity contribution in [3.8, 4) is 11.1 Å². The zero-order chi connectivity index (χ0) is 23.0. The molecule has 2 heterocycles. The molecule has 1 amide bonds. The van der Waals surface area contributed by atoms with E-state index in [4.69, 9.17) is 0 Å². The lowest BCUT2D eigenvalue weighted by molar-refractivity contribution is 0.0898. The predicted octanol–water partition coefficient (Wildman–Crippen LogP) is 3.10. The molecule has 0 bridgehead atoms. The van der Waals surface area contributed by atoms with E-state index in [1.165, 1.54) is 11.1 Å². The second-order valence-corrected chi connectivity index (χ2v) is 8.58. The van der Waals surface area contributed by atoms with Gasteiger partial charge in [-0.3, -0.25) is 15.1 Å². The Bertz CT molecular complexity index is 1030. The molecule has 1 fully saturated rings. The van der Waals surface area contributed by atoms with E-state index < -0.39 is 0 Å². The number of hydrazine groups is 1. The number of carbonyl (C=O) groups excluding carboxylic acids is 1. The molecule has 2 N–H and O–H groups in total. The second-order valence-electron chi connectivity index (χ2n) is 8.58. The number of rotatable bonds is 8. The molecule has 0 atom stereocenters. The number of amides is 1. The van der Waals surface area contributed by atoms with Crippen molar-refractivity contribution in [3.63, 3.8) is 0 Å². The van der Waals surface area contributed by atoms with Gasteiger partial charge >= 0.3 is 0 Å². The molecule has 7 heteroatoms. The van der Waals surface area contributed by atoms with Crippen LogP contribution >= 0.6 is 0 Å². The number of nitrogens with one attached hydrogen (secondary N) is 2. The maximum atomic E-state index is 12.7.